The number of methoxy groups -OCH3 is 1. The zero-order chi connectivity index (χ0) is 14.3. The van der Waals surface area contributed by atoms with Gasteiger partial charge in [0.15, 0.2) is 0 Å². The summed E-state index contributed by atoms with van der Waals surface area (Å²) in [5, 5.41) is 9.94. The maximum absolute atomic E-state index is 9.94. The van der Waals surface area contributed by atoms with Gasteiger partial charge in [-0.25, -0.2) is 0 Å². The molecule has 0 saturated heterocycles. The van der Waals surface area contributed by atoms with Crippen LogP contribution >= 0.6 is 0 Å². The lowest BCUT2D eigenvalue weighted by Gasteiger charge is -2.26. The van der Waals surface area contributed by atoms with Crippen molar-refractivity contribution in [3.8, 4) is 5.75 Å². The number of anilines is 1. The van der Waals surface area contributed by atoms with E-state index in [9.17, 15) is 5.11 Å². The summed E-state index contributed by atoms with van der Waals surface area (Å²) in [6.07, 6.45) is -0.566. The molecule has 0 heterocycles. The molecule has 0 radical (unpaired) electrons. The van der Waals surface area contributed by atoms with Crippen molar-refractivity contribution < 1.29 is 14.6 Å². The molecule has 0 amide bonds. The van der Waals surface area contributed by atoms with Gasteiger partial charge < -0.3 is 20.3 Å². The molecule has 0 aromatic heterocycles. The Bertz CT molecular complexity index is 373. The molecule has 0 aliphatic rings. The summed E-state index contributed by atoms with van der Waals surface area (Å²) in [7, 11) is 3.62. The van der Waals surface area contributed by atoms with Crippen LogP contribution in [0.3, 0.4) is 0 Å². The molecule has 1 aromatic carbocycles. The molecular formula is C14H24N2O3. The molecule has 5 heteroatoms. The molecule has 2 unspecified atom stereocenters. The first-order valence-electron chi connectivity index (χ1n) is 6.39. The first-order chi connectivity index (χ1) is 9.04. The Balaban J connectivity index is 2.35. The highest BCUT2D eigenvalue weighted by Crippen LogP contribution is 2.19. The normalized spacial score (nSPS) is 14.4. The Kier molecular flexibility index (Phi) is 6.62. The predicted octanol–water partition coefficient (Wildman–Crippen LogP) is 0.975. The lowest BCUT2D eigenvalue weighted by Crippen LogP contribution is -2.40. The lowest BCUT2D eigenvalue weighted by atomic mass is 10.2. The third kappa shape index (κ3) is 5.46. The Morgan fingerprint density at radius 2 is 2.00 bits per heavy atom. The molecule has 1 aromatic rings. The SMILES string of the molecule is COCC(C)N(C)CC(O)COc1ccccc1N. The molecule has 0 aliphatic heterocycles. The largest absolute Gasteiger partial charge is 0.489 e. The van der Waals surface area contributed by atoms with Gasteiger partial charge in [-0.1, -0.05) is 12.1 Å². The van der Waals surface area contributed by atoms with Gasteiger partial charge >= 0.3 is 0 Å². The molecule has 108 valence electrons. The van der Waals surface area contributed by atoms with Gasteiger partial charge in [0.25, 0.3) is 0 Å². The highest BCUT2D eigenvalue weighted by molar-refractivity contribution is 5.51. The first-order valence-corrected chi connectivity index (χ1v) is 6.39. The third-order valence-electron chi connectivity index (χ3n) is 3.01. The number of nitrogen functional groups attached to an aromatic ring is 1. The molecule has 0 bridgehead atoms. The van der Waals surface area contributed by atoms with E-state index in [0.29, 0.717) is 24.6 Å². The van der Waals surface area contributed by atoms with Crippen LogP contribution in [-0.4, -0.2) is 56.1 Å². The number of likely N-dealkylation sites (N-methyl/N-ethyl adjacent to an activating group) is 1. The maximum Gasteiger partial charge on any atom is 0.142 e. The number of nitrogens with two attached hydrogens (primary N) is 1. The van der Waals surface area contributed by atoms with Crippen LogP contribution < -0.4 is 10.5 Å². The van der Waals surface area contributed by atoms with E-state index in [0.717, 1.165) is 0 Å². The second-order valence-corrected chi connectivity index (χ2v) is 4.75. The van der Waals surface area contributed by atoms with E-state index in [1.54, 1.807) is 19.2 Å². The van der Waals surface area contributed by atoms with E-state index in [4.69, 9.17) is 15.2 Å². The van der Waals surface area contributed by atoms with E-state index >= 15 is 0 Å². The van der Waals surface area contributed by atoms with Gasteiger partial charge in [-0.2, -0.15) is 0 Å². The molecule has 0 fully saturated rings. The van der Waals surface area contributed by atoms with Crippen molar-refractivity contribution in [1.29, 1.82) is 0 Å². The maximum atomic E-state index is 9.94. The van der Waals surface area contributed by atoms with Crippen molar-refractivity contribution in [3.05, 3.63) is 24.3 Å². The summed E-state index contributed by atoms with van der Waals surface area (Å²) in [5.74, 6) is 0.606. The molecule has 0 aliphatic carbocycles. The second-order valence-electron chi connectivity index (χ2n) is 4.75. The standard InChI is InChI=1S/C14H24N2O3/c1-11(9-18-3)16(2)8-12(17)10-19-14-7-5-4-6-13(14)15/h4-7,11-12,17H,8-10,15H2,1-3H3. The van der Waals surface area contributed by atoms with Crippen molar-refractivity contribution in [1.82, 2.24) is 4.90 Å². The number of ether oxygens (including phenoxy) is 2. The quantitative estimate of drug-likeness (QED) is 0.688. The number of nitrogens with zero attached hydrogens (tertiary/aromatic N) is 1. The summed E-state index contributed by atoms with van der Waals surface area (Å²) in [6, 6.07) is 7.51. The molecule has 0 saturated carbocycles. The smallest absolute Gasteiger partial charge is 0.142 e. The number of para-hydroxylation sites is 2. The van der Waals surface area contributed by atoms with Gasteiger partial charge in [-0.15, -0.1) is 0 Å². The fourth-order valence-electron chi connectivity index (χ4n) is 1.73. The number of benzene rings is 1. The third-order valence-corrected chi connectivity index (χ3v) is 3.01. The Morgan fingerprint density at radius 3 is 2.63 bits per heavy atom. The van der Waals surface area contributed by atoms with Gasteiger partial charge in [0.1, 0.15) is 18.5 Å². The van der Waals surface area contributed by atoms with Crippen molar-refractivity contribution in [2.24, 2.45) is 0 Å². The van der Waals surface area contributed by atoms with Crippen LogP contribution in [0.5, 0.6) is 5.75 Å². The van der Waals surface area contributed by atoms with Crippen LogP contribution in [0.1, 0.15) is 6.92 Å². The van der Waals surface area contributed by atoms with Crippen LogP contribution in [0.4, 0.5) is 5.69 Å². The molecular weight excluding hydrogens is 244 g/mol. The van der Waals surface area contributed by atoms with Crippen molar-refractivity contribution in [3.63, 3.8) is 0 Å². The van der Waals surface area contributed by atoms with Crippen LogP contribution in [-0.2, 0) is 4.74 Å². The van der Waals surface area contributed by atoms with Crippen molar-refractivity contribution in [2.75, 3.05) is 39.6 Å². The topological polar surface area (TPSA) is 68.0 Å². The summed E-state index contributed by atoms with van der Waals surface area (Å²) < 4.78 is 10.6. The predicted molar refractivity (Wildman–Crippen MR) is 76.3 cm³/mol. The second kappa shape index (κ2) is 7.99. The average molecular weight is 268 g/mol. The van der Waals surface area contributed by atoms with Crippen molar-refractivity contribution >= 4 is 5.69 Å². The summed E-state index contributed by atoms with van der Waals surface area (Å²) in [5.41, 5.74) is 6.34. The number of hydrogen-bond donors (Lipinski definition) is 2. The van der Waals surface area contributed by atoms with E-state index in [1.165, 1.54) is 0 Å². The minimum absolute atomic E-state index is 0.220. The monoisotopic (exact) mass is 268 g/mol. The fraction of sp³-hybridized carbons (Fsp3) is 0.571. The molecule has 0 spiro atoms. The molecule has 5 nitrogen and oxygen atoms in total. The van der Waals surface area contributed by atoms with Gasteiger partial charge in [-0.05, 0) is 26.1 Å². The van der Waals surface area contributed by atoms with Gasteiger partial charge in [0, 0.05) is 19.7 Å². The number of rotatable bonds is 8. The lowest BCUT2D eigenvalue weighted by molar-refractivity contribution is 0.0468. The zero-order valence-electron chi connectivity index (χ0n) is 11.9. The highest BCUT2D eigenvalue weighted by atomic mass is 16.5. The van der Waals surface area contributed by atoms with Crippen LogP contribution in [0.2, 0.25) is 0 Å². The molecule has 2 atom stereocenters. The highest BCUT2D eigenvalue weighted by Gasteiger charge is 2.14. The first kappa shape index (κ1) is 15.8. The molecule has 1 rings (SSSR count). The number of aliphatic hydroxyl groups excluding tert-OH is 1. The molecule has 19 heavy (non-hydrogen) atoms. The van der Waals surface area contributed by atoms with Gasteiger partial charge in [0.2, 0.25) is 0 Å². The van der Waals surface area contributed by atoms with E-state index in [-0.39, 0.29) is 12.6 Å². The Hall–Kier alpha value is -1.30. The fourth-order valence-corrected chi connectivity index (χ4v) is 1.73. The number of aliphatic hydroxyl groups is 1. The summed E-state index contributed by atoms with van der Waals surface area (Å²) in [4.78, 5) is 2.03. The van der Waals surface area contributed by atoms with E-state index < -0.39 is 6.10 Å². The van der Waals surface area contributed by atoms with Crippen LogP contribution in [0.15, 0.2) is 24.3 Å². The van der Waals surface area contributed by atoms with Gasteiger partial charge in [-0.3, -0.25) is 4.90 Å². The Morgan fingerprint density at radius 1 is 1.32 bits per heavy atom. The minimum Gasteiger partial charge on any atom is -0.489 e. The minimum atomic E-state index is -0.566. The zero-order valence-corrected chi connectivity index (χ0v) is 11.9. The number of hydrogen-bond acceptors (Lipinski definition) is 5. The van der Waals surface area contributed by atoms with E-state index in [2.05, 4.69) is 0 Å². The van der Waals surface area contributed by atoms with Crippen molar-refractivity contribution in [2.45, 2.75) is 19.1 Å². The van der Waals surface area contributed by atoms with Gasteiger partial charge in [0.05, 0.1) is 12.3 Å². The Labute approximate surface area is 114 Å². The van der Waals surface area contributed by atoms with E-state index in [1.807, 2.05) is 31.0 Å². The summed E-state index contributed by atoms with van der Waals surface area (Å²) >= 11 is 0. The van der Waals surface area contributed by atoms with Crippen LogP contribution in [0, 0.1) is 0 Å². The molecule has 3 N–H and O–H groups in total. The summed E-state index contributed by atoms with van der Waals surface area (Å²) in [6.45, 7) is 3.43. The average Bonchev–Trinajstić information content (AvgIpc) is 2.38. The van der Waals surface area contributed by atoms with Crippen LogP contribution in [0.25, 0.3) is 0 Å².